The molecule has 6 N–H and O–H groups in total. The highest BCUT2D eigenvalue weighted by molar-refractivity contribution is 5.94. The summed E-state index contributed by atoms with van der Waals surface area (Å²) in [4.78, 5) is 12.1. The Kier molecular flexibility index (Phi) is 9.28. The van der Waals surface area contributed by atoms with Gasteiger partial charge in [0.2, 0.25) is 5.91 Å². The Balaban J connectivity index is 1.80. The number of carbonyl (C=O) groups is 1. The summed E-state index contributed by atoms with van der Waals surface area (Å²) < 4.78 is 14.6. The summed E-state index contributed by atoms with van der Waals surface area (Å²) in [6.07, 6.45) is 8.43. The Hall–Kier alpha value is -2.76. The first-order chi connectivity index (χ1) is 14.0. The monoisotopic (exact) mass is 400 g/mol. The highest BCUT2D eigenvalue weighted by Crippen LogP contribution is 2.28. The van der Waals surface area contributed by atoms with Crippen LogP contribution in [0.1, 0.15) is 63.9 Å². The third kappa shape index (κ3) is 7.64. The lowest BCUT2D eigenvalue weighted by Gasteiger charge is -2.13. The first-order valence-electron chi connectivity index (χ1n) is 10.5. The van der Waals surface area contributed by atoms with Gasteiger partial charge in [-0.15, -0.1) is 0 Å². The number of anilines is 4. The van der Waals surface area contributed by atoms with E-state index in [1.807, 2.05) is 12.1 Å². The predicted octanol–water partition coefficient (Wildman–Crippen LogP) is 5.68. The maximum atomic E-state index is 14.6. The molecule has 0 aliphatic rings. The number of carbonyl (C=O) groups excluding carboxylic acids is 1. The van der Waals surface area contributed by atoms with Crippen LogP contribution in [-0.4, -0.2) is 5.91 Å². The second-order valence-corrected chi connectivity index (χ2v) is 7.40. The molecule has 0 unspecified atom stereocenters. The molecule has 0 aromatic heterocycles. The van der Waals surface area contributed by atoms with Gasteiger partial charge >= 0.3 is 0 Å². The smallest absolute Gasteiger partial charge is 0.224 e. The zero-order chi connectivity index (χ0) is 21.1. The largest absolute Gasteiger partial charge is 0.399 e. The molecule has 2 aromatic carbocycles. The fourth-order valence-electron chi connectivity index (χ4n) is 3.13. The van der Waals surface area contributed by atoms with E-state index in [-0.39, 0.29) is 11.6 Å². The quantitative estimate of drug-likeness (QED) is 0.272. The van der Waals surface area contributed by atoms with Crippen molar-refractivity contribution in [1.29, 1.82) is 0 Å². The van der Waals surface area contributed by atoms with Crippen molar-refractivity contribution in [2.45, 2.75) is 64.8 Å². The third-order valence-corrected chi connectivity index (χ3v) is 4.92. The standard InChI is InChI=1S/C23H33FN4O/c1-2-3-4-5-6-7-8-9-21(29)28-20-15-14-19(22(24)23(20)26)27-16-17-10-12-18(25)13-11-17/h10-15,27H,2-9,16,25-26H2,1H3,(H,28,29). The van der Waals surface area contributed by atoms with Crippen LogP contribution < -0.4 is 22.1 Å². The molecule has 0 bridgehead atoms. The molecule has 2 aromatic rings. The number of nitrogens with two attached hydrogens (primary N) is 2. The van der Waals surface area contributed by atoms with E-state index < -0.39 is 5.82 Å². The minimum Gasteiger partial charge on any atom is -0.399 e. The highest BCUT2D eigenvalue weighted by atomic mass is 19.1. The van der Waals surface area contributed by atoms with Gasteiger partial charge < -0.3 is 22.1 Å². The van der Waals surface area contributed by atoms with Gasteiger partial charge in [-0.2, -0.15) is 0 Å². The van der Waals surface area contributed by atoms with Gasteiger partial charge in [0, 0.05) is 18.7 Å². The van der Waals surface area contributed by atoms with Crippen LogP contribution in [0, 0.1) is 5.82 Å². The van der Waals surface area contributed by atoms with E-state index in [9.17, 15) is 9.18 Å². The lowest BCUT2D eigenvalue weighted by atomic mass is 10.1. The lowest BCUT2D eigenvalue weighted by molar-refractivity contribution is -0.116. The number of unbranched alkanes of at least 4 members (excludes halogenated alkanes) is 6. The Labute approximate surface area is 173 Å². The van der Waals surface area contributed by atoms with Crippen LogP contribution >= 0.6 is 0 Å². The normalized spacial score (nSPS) is 10.7. The number of hydrogen-bond donors (Lipinski definition) is 4. The zero-order valence-electron chi connectivity index (χ0n) is 17.3. The average molecular weight is 401 g/mol. The number of rotatable bonds is 12. The number of benzene rings is 2. The maximum absolute atomic E-state index is 14.6. The number of nitrogen functional groups attached to an aromatic ring is 2. The molecule has 1 amide bonds. The fraction of sp³-hybridized carbons (Fsp3) is 0.435. The van der Waals surface area contributed by atoms with Crippen molar-refractivity contribution in [2.24, 2.45) is 0 Å². The summed E-state index contributed by atoms with van der Waals surface area (Å²) in [6, 6.07) is 10.6. The van der Waals surface area contributed by atoms with Crippen LogP contribution in [0.4, 0.5) is 27.1 Å². The van der Waals surface area contributed by atoms with Crippen LogP contribution in [0.25, 0.3) is 0 Å². The number of amides is 1. The molecular formula is C23H33FN4O. The van der Waals surface area contributed by atoms with E-state index in [2.05, 4.69) is 17.6 Å². The first kappa shape index (κ1) is 22.5. The summed E-state index contributed by atoms with van der Waals surface area (Å²) in [5, 5.41) is 5.75. The predicted molar refractivity (Wildman–Crippen MR) is 120 cm³/mol. The van der Waals surface area contributed by atoms with Gasteiger partial charge in [0.25, 0.3) is 0 Å². The van der Waals surface area contributed by atoms with Crippen molar-refractivity contribution >= 4 is 28.7 Å². The third-order valence-electron chi connectivity index (χ3n) is 4.92. The molecular weight excluding hydrogens is 367 g/mol. The summed E-state index contributed by atoms with van der Waals surface area (Å²) >= 11 is 0. The highest BCUT2D eigenvalue weighted by Gasteiger charge is 2.13. The van der Waals surface area contributed by atoms with E-state index in [0.29, 0.717) is 30.0 Å². The van der Waals surface area contributed by atoms with E-state index in [4.69, 9.17) is 11.5 Å². The number of nitrogens with one attached hydrogen (secondary N) is 2. The SMILES string of the molecule is CCCCCCCCCC(=O)Nc1ccc(NCc2ccc(N)cc2)c(F)c1N. The van der Waals surface area contributed by atoms with Crippen molar-refractivity contribution in [3.05, 3.63) is 47.8 Å². The molecule has 0 atom stereocenters. The molecule has 2 rings (SSSR count). The molecule has 0 spiro atoms. The minimum atomic E-state index is -0.561. The van der Waals surface area contributed by atoms with Crippen LogP contribution in [0.3, 0.4) is 0 Å². The molecule has 0 radical (unpaired) electrons. The number of halogens is 1. The van der Waals surface area contributed by atoms with Crippen LogP contribution in [-0.2, 0) is 11.3 Å². The van der Waals surface area contributed by atoms with Crippen molar-refractivity contribution in [3.63, 3.8) is 0 Å². The fourth-order valence-corrected chi connectivity index (χ4v) is 3.13. The van der Waals surface area contributed by atoms with E-state index in [0.717, 1.165) is 24.8 Å². The Morgan fingerprint density at radius 3 is 2.21 bits per heavy atom. The topological polar surface area (TPSA) is 93.2 Å². The summed E-state index contributed by atoms with van der Waals surface area (Å²) in [7, 11) is 0. The molecule has 0 heterocycles. The van der Waals surface area contributed by atoms with Gasteiger partial charge in [-0.25, -0.2) is 4.39 Å². The van der Waals surface area contributed by atoms with Gasteiger partial charge in [0.05, 0.1) is 17.1 Å². The Morgan fingerprint density at radius 2 is 1.52 bits per heavy atom. The van der Waals surface area contributed by atoms with Crippen LogP contribution in [0.15, 0.2) is 36.4 Å². The molecule has 0 saturated carbocycles. The molecule has 5 nitrogen and oxygen atoms in total. The van der Waals surface area contributed by atoms with E-state index in [1.54, 1.807) is 24.3 Å². The van der Waals surface area contributed by atoms with Gasteiger partial charge in [-0.3, -0.25) is 4.79 Å². The molecule has 158 valence electrons. The van der Waals surface area contributed by atoms with Crippen molar-refractivity contribution < 1.29 is 9.18 Å². The average Bonchev–Trinajstić information content (AvgIpc) is 2.71. The molecule has 0 aliphatic heterocycles. The second kappa shape index (κ2) is 11.9. The maximum Gasteiger partial charge on any atom is 0.224 e. The summed E-state index contributed by atoms with van der Waals surface area (Å²) in [5.74, 6) is -0.693. The van der Waals surface area contributed by atoms with Crippen molar-refractivity contribution in [2.75, 3.05) is 22.1 Å². The zero-order valence-corrected chi connectivity index (χ0v) is 17.3. The van der Waals surface area contributed by atoms with Gasteiger partial charge in [0.1, 0.15) is 0 Å². The Bertz CT molecular complexity index is 777. The van der Waals surface area contributed by atoms with E-state index >= 15 is 0 Å². The minimum absolute atomic E-state index is 0.0554. The van der Waals surface area contributed by atoms with Crippen LogP contribution in [0.2, 0.25) is 0 Å². The molecule has 29 heavy (non-hydrogen) atoms. The van der Waals surface area contributed by atoms with E-state index in [1.165, 1.54) is 25.7 Å². The second-order valence-electron chi connectivity index (χ2n) is 7.40. The van der Waals surface area contributed by atoms with Crippen LogP contribution in [0.5, 0.6) is 0 Å². The summed E-state index contributed by atoms with van der Waals surface area (Å²) in [6.45, 7) is 2.64. The van der Waals surface area contributed by atoms with Crippen molar-refractivity contribution in [1.82, 2.24) is 0 Å². The molecule has 6 heteroatoms. The lowest BCUT2D eigenvalue weighted by Crippen LogP contribution is -2.14. The van der Waals surface area contributed by atoms with Gasteiger partial charge in [-0.1, -0.05) is 57.6 Å². The first-order valence-corrected chi connectivity index (χ1v) is 10.5. The molecule has 0 fully saturated rings. The molecule has 0 aliphatic carbocycles. The van der Waals surface area contributed by atoms with Crippen molar-refractivity contribution in [3.8, 4) is 0 Å². The van der Waals surface area contributed by atoms with Gasteiger partial charge in [0.15, 0.2) is 5.82 Å². The molecule has 0 saturated heterocycles. The summed E-state index contributed by atoms with van der Waals surface area (Å²) in [5.41, 5.74) is 13.8. The van der Waals surface area contributed by atoms with Gasteiger partial charge in [-0.05, 0) is 36.2 Å². The number of hydrogen-bond acceptors (Lipinski definition) is 4. The Morgan fingerprint density at radius 1 is 0.897 bits per heavy atom.